The van der Waals surface area contributed by atoms with Crippen LogP contribution in [0.1, 0.15) is 64.0 Å². The molecule has 0 amide bonds. The highest BCUT2D eigenvalue weighted by molar-refractivity contribution is 5.10. The zero-order valence-electron chi connectivity index (χ0n) is 15.5. The van der Waals surface area contributed by atoms with Crippen LogP contribution in [-0.2, 0) is 18.6 Å². The molecule has 8 nitrogen and oxygen atoms in total. The highest BCUT2D eigenvalue weighted by atomic mass is 16.5. The molecule has 8 heteroatoms. The van der Waals surface area contributed by atoms with E-state index in [-0.39, 0.29) is 6.04 Å². The Labute approximate surface area is 148 Å². The predicted octanol–water partition coefficient (Wildman–Crippen LogP) is 1.92. The average molecular weight is 348 g/mol. The van der Waals surface area contributed by atoms with Crippen LogP contribution in [0.15, 0.2) is 10.7 Å². The lowest BCUT2D eigenvalue weighted by molar-refractivity contribution is -0.0436. The quantitative estimate of drug-likeness (QED) is 0.852. The van der Waals surface area contributed by atoms with Gasteiger partial charge in [0, 0.05) is 19.0 Å². The monoisotopic (exact) mass is 348 g/mol. The molecule has 0 aliphatic carbocycles. The van der Waals surface area contributed by atoms with Crippen molar-refractivity contribution in [1.29, 1.82) is 0 Å². The number of aliphatic hydroxyl groups is 1. The van der Waals surface area contributed by atoms with Crippen LogP contribution in [0.4, 0.5) is 0 Å². The fourth-order valence-electron chi connectivity index (χ4n) is 3.20. The first kappa shape index (κ1) is 18.0. The molecule has 3 rings (SSSR count). The first-order valence-electron chi connectivity index (χ1n) is 9.04. The molecule has 25 heavy (non-hydrogen) atoms. The van der Waals surface area contributed by atoms with Crippen LogP contribution in [0.5, 0.6) is 0 Å². The van der Waals surface area contributed by atoms with Crippen molar-refractivity contribution in [3.8, 4) is 0 Å². The van der Waals surface area contributed by atoms with Crippen LogP contribution in [0.2, 0.25) is 0 Å². The number of nitrogens with zero attached hydrogens (tertiary/aromatic N) is 6. The molecule has 1 aliphatic heterocycles. The minimum Gasteiger partial charge on any atom is -0.382 e. The Morgan fingerprint density at radius 2 is 2.12 bits per heavy atom. The van der Waals surface area contributed by atoms with Gasteiger partial charge in [0.2, 0.25) is 5.89 Å². The molecule has 138 valence electrons. The molecule has 0 spiro atoms. The molecule has 1 atom stereocenters. The summed E-state index contributed by atoms with van der Waals surface area (Å²) in [6, 6.07) is 0.224. The fraction of sp³-hybridized carbons (Fsp3) is 0.765. The van der Waals surface area contributed by atoms with Crippen LogP contribution in [0.25, 0.3) is 0 Å². The first-order chi connectivity index (χ1) is 11.9. The van der Waals surface area contributed by atoms with Gasteiger partial charge in [0.15, 0.2) is 5.82 Å². The molecular weight excluding hydrogens is 320 g/mol. The Hall–Kier alpha value is -1.80. The molecule has 0 saturated carbocycles. The van der Waals surface area contributed by atoms with E-state index in [4.69, 9.17) is 4.52 Å². The summed E-state index contributed by atoms with van der Waals surface area (Å²) >= 11 is 0. The molecule has 2 aromatic heterocycles. The molecule has 1 unspecified atom stereocenters. The van der Waals surface area contributed by atoms with Gasteiger partial charge in [-0.3, -0.25) is 4.90 Å². The SMILES string of the molecule is CC(C)Cc1noc(CN2CCCC(O)(c3cn(C(C)C)nn3)C2)n1. The second-order valence-corrected chi connectivity index (χ2v) is 7.73. The van der Waals surface area contributed by atoms with Crippen molar-refractivity contribution in [2.24, 2.45) is 5.92 Å². The third kappa shape index (κ3) is 4.24. The number of piperidine rings is 1. The number of β-amino-alcohol motifs (C(OH)–C–C–N with tert-alkyl or cyclic N) is 1. The van der Waals surface area contributed by atoms with Gasteiger partial charge in [0.1, 0.15) is 11.3 Å². The van der Waals surface area contributed by atoms with Gasteiger partial charge in [0.05, 0.1) is 12.7 Å². The van der Waals surface area contributed by atoms with Gasteiger partial charge in [-0.15, -0.1) is 5.10 Å². The van der Waals surface area contributed by atoms with Gasteiger partial charge in [-0.25, -0.2) is 4.68 Å². The lowest BCUT2D eigenvalue weighted by Crippen LogP contribution is -2.46. The van der Waals surface area contributed by atoms with Crippen molar-refractivity contribution in [2.75, 3.05) is 13.1 Å². The number of aromatic nitrogens is 5. The number of likely N-dealkylation sites (tertiary alicyclic amines) is 1. The van der Waals surface area contributed by atoms with E-state index in [2.05, 4.69) is 39.2 Å². The summed E-state index contributed by atoms with van der Waals surface area (Å²) in [7, 11) is 0. The third-order valence-electron chi connectivity index (χ3n) is 4.53. The Kier molecular flexibility index (Phi) is 5.19. The second kappa shape index (κ2) is 7.21. The minimum absolute atomic E-state index is 0.224. The summed E-state index contributed by atoms with van der Waals surface area (Å²) in [5.74, 6) is 1.84. The fourth-order valence-corrected chi connectivity index (χ4v) is 3.20. The molecule has 3 heterocycles. The zero-order valence-corrected chi connectivity index (χ0v) is 15.5. The molecule has 1 fully saturated rings. The Morgan fingerprint density at radius 1 is 1.32 bits per heavy atom. The lowest BCUT2D eigenvalue weighted by Gasteiger charge is -2.37. The van der Waals surface area contributed by atoms with E-state index >= 15 is 0 Å². The zero-order chi connectivity index (χ0) is 18.0. The van der Waals surface area contributed by atoms with Gasteiger partial charge < -0.3 is 9.63 Å². The summed E-state index contributed by atoms with van der Waals surface area (Å²) in [6.45, 7) is 10.3. The van der Waals surface area contributed by atoms with Crippen molar-refractivity contribution in [2.45, 2.75) is 65.1 Å². The predicted molar refractivity (Wildman–Crippen MR) is 91.7 cm³/mol. The summed E-state index contributed by atoms with van der Waals surface area (Å²) in [5, 5.41) is 23.4. The Morgan fingerprint density at radius 3 is 2.80 bits per heavy atom. The van der Waals surface area contributed by atoms with Crippen LogP contribution in [0.3, 0.4) is 0 Å². The minimum atomic E-state index is -0.980. The maximum atomic E-state index is 11.1. The van der Waals surface area contributed by atoms with Crippen molar-refractivity contribution in [3.63, 3.8) is 0 Å². The van der Waals surface area contributed by atoms with Crippen molar-refractivity contribution in [3.05, 3.63) is 23.6 Å². The Bertz CT molecular complexity index is 695. The van der Waals surface area contributed by atoms with Gasteiger partial charge >= 0.3 is 0 Å². The van der Waals surface area contributed by atoms with Crippen LogP contribution in [-0.4, -0.2) is 48.2 Å². The van der Waals surface area contributed by atoms with Gasteiger partial charge in [-0.1, -0.05) is 24.2 Å². The summed E-state index contributed by atoms with van der Waals surface area (Å²) in [6.07, 6.45) is 4.23. The van der Waals surface area contributed by atoms with E-state index in [0.29, 0.717) is 37.0 Å². The third-order valence-corrected chi connectivity index (χ3v) is 4.53. The molecule has 0 radical (unpaired) electrons. The van der Waals surface area contributed by atoms with Crippen molar-refractivity contribution in [1.82, 2.24) is 30.0 Å². The molecule has 1 aliphatic rings. The second-order valence-electron chi connectivity index (χ2n) is 7.73. The van der Waals surface area contributed by atoms with E-state index in [0.717, 1.165) is 25.2 Å². The average Bonchev–Trinajstić information content (AvgIpc) is 3.16. The highest BCUT2D eigenvalue weighted by Gasteiger charge is 2.38. The summed E-state index contributed by atoms with van der Waals surface area (Å²) in [4.78, 5) is 6.60. The smallest absolute Gasteiger partial charge is 0.240 e. The summed E-state index contributed by atoms with van der Waals surface area (Å²) in [5.41, 5.74) is -0.344. The molecule has 1 N–H and O–H groups in total. The van der Waals surface area contributed by atoms with E-state index in [9.17, 15) is 5.11 Å². The van der Waals surface area contributed by atoms with Crippen molar-refractivity contribution < 1.29 is 9.63 Å². The van der Waals surface area contributed by atoms with E-state index in [1.807, 2.05) is 20.0 Å². The largest absolute Gasteiger partial charge is 0.382 e. The van der Waals surface area contributed by atoms with E-state index < -0.39 is 5.60 Å². The van der Waals surface area contributed by atoms with Crippen LogP contribution in [0, 0.1) is 5.92 Å². The van der Waals surface area contributed by atoms with Gasteiger partial charge in [-0.05, 0) is 39.2 Å². The van der Waals surface area contributed by atoms with Gasteiger partial charge in [0.25, 0.3) is 0 Å². The lowest BCUT2D eigenvalue weighted by atomic mass is 9.90. The normalized spacial score (nSPS) is 22.2. The first-order valence-corrected chi connectivity index (χ1v) is 9.04. The molecule has 0 bridgehead atoms. The molecular formula is C17H28N6O2. The Balaban J connectivity index is 1.66. The van der Waals surface area contributed by atoms with Crippen LogP contribution < -0.4 is 0 Å². The maximum Gasteiger partial charge on any atom is 0.240 e. The number of hydrogen-bond acceptors (Lipinski definition) is 7. The molecule has 0 aromatic carbocycles. The van der Waals surface area contributed by atoms with E-state index in [1.54, 1.807) is 4.68 Å². The van der Waals surface area contributed by atoms with Crippen molar-refractivity contribution >= 4 is 0 Å². The standard InChI is InChI=1S/C17H28N6O2/c1-12(2)8-15-18-16(25-20-15)10-22-7-5-6-17(24,11-22)14-9-23(13(3)4)21-19-14/h9,12-13,24H,5-8,10-11H2,1-4H3. The number of hydrogen-bond donors (Lipinski definition) is 1. The molecule has 2 aromatic rings. The topological polar surface area (TPSA) is 93.1 Å². The molecule has 1 saturated heterocycles. The maximum absolute atomic E-state index is 11.1. The summed E-state index contributed by atoms with van der Waals surface area (Å²) < 4.78 is 7.14. The van der Waals surface area contributed by atoms with Gasteiger partial charge in [-0.2, -0.15) is 4.98 Å². The highest BCUT2D eigenvalue weighted by Crippen LogP contribution is 2.31. The number of rotatable bonds is 6. The van der Waals surface area contributed by atoms with Crippen LogP contribution >= 0.6 is 0 Å². The van der Waals surface area contributed by atoms with E-state index in [1.165, 1.54) is 0 Å².